The van der Waals surface area contributed by atoms with E-state index in [1.807, 2.05) is 12.1 Å². The number of ketones is 1. The van der Waals surface area contributed by atoms with E-state index < -0.39 is 0 Å². The topological polar surface area (TPSA) is 29.1 Å². The molecule has 98 valence electrons. The first-order valence-corrected chi connectivity index (χ1v) is 7.00. The Morgan fingerprint density at radius 1 is 1.22 bits per heavy atom. The minimum Gasteiger partial charge on any atom is -0.317 e. The van der Waals surface area contributed by atoms with E-state index in [4.69, 9.17) is 0 Å². The van der Waals surface area contributed by atoms with Gasteiger partial charge >= 0.3 is 0 Å². The molecular weight excluding hydrogens is 222 g/mol. The third-order valence-corrected chi connectivity index (χ3v) is 3.64. The number of hydrogen-bond donors (Lipinski definition) is 1. The van der Waals surface area contributed by atoms with Crippen LogP contribution < -0.4 is 5.32 Å². The van der Waals surface area contributed by atoms with E-state index >= 15 is 0 Å². The van der Waals surface area contributed by atoms with Crippen LogP contribution in [0.1, 0.15) is 54.9 Å². The first-order valence-electron chi connectivity index (χ1n) is 7.00. The van der Waals surface area contributed by atoms with E-state index in [-0.39, 0.29) is 5.78 Å². The number of nitrogens with one attached hydrogen (secondary N) is 1. The van der Waals surface area contributed by atoms with Crippen LogP contribution in [0.5, 0.6) is 0 Å². The maximum atomic E-state index is 11.9. The molecule has 18 heavy (non-hydrogen) atoms. The number of hydrogen-bond acceptors (Lipinski definition) is 2. The Kier molecular flexibility index (Phi) is 4.54. The average Bonchev–Trinajstić information content (AvgIpc) is 2.39. The molecule has 0 bridgehead atoms. The standard InChI is InChI=1S/C16H23NO/c1-12(2)11-16(18)15-5-3-13(4-6-15)14-7-9-17-10-8-14/h3-6,12,14,17H,7-11H2,1-2H3. The Labute approximate surface area is 110 Å². The molecule has 2 heteroatoms. The Balaban J connectivity index is 2.02. The summed E-state index contributed by atoms with van der Waals surface area (Å²) in [6.45, 7) is 6.39. The van der Waals surface area contributed by atoms with Crippen LogP contribution in [0.25, 0.3) is 0 Å². The second kappa shape index (κ2) is 6.14. The van der Waals surface area contributed by atoms with Gasteiger partial charge in [0.15, 0.2) is 5.78 Å². The van der Waals surface area contributed by atoms with Crippen molar-refractivity contribution in [3.8, 4) is 0 Å². The molecule has 1 aliphatic rings. The summed E-state index contributed by atoms with van der Waals surface area (Å²) in [5.74, 6) is 1.36. The van der Waals surface area contributed by atoms with Gasteiger partial charge in [0.25, 0.3) is 0 Å². The Morgan fingerprint density at radius 2 is 1.83 bits per heavy atom. The second-order valence-electron chi connectivity index (χ2n) is 5.67. The summed E-state index contributed by atoms with van der Waals surface area (Å²) in [6.07, 6.45) is 3.06. The van der Waals surface area contributed by atoms with Crippen LogP contribution in [-0.2, 0) is 0 Å². The summed E-state index contributed by atoms with van der Waals surface area (Å²) >= 11 is 0. The molecule has 1 aliphatic heterocycles. The molecule has 1 saturated heterocycles. The third kappa shape index (κ3) is 3.42. The lowest BCUT2D eigenvalue weighted by molar-refractivity contribution is 0.0968. The molecule has 2 rings (SSSR count). The number of carbonyl (C=O) groups is 1. The fraction of sp³-hybridized carbons (Fsp3) is 0.562. The fourth-order valence-corrected chi connectivity index (χ4v) is 2.59. The van der Waals surface area contributed by atoms with E-state index in [0.717, 1.165) is 18.7 Å². The van der Waals surface area contributed by atoms with Gasteiger partial charge in [-0.3, -0.25) is 4.79 Å². The molecule has 1 aromatic rings. The smallest absolute Gasteiger partial charge is 0.163 e. The lowest BCUT2D eigenvalue weighted by atomic mass is 9.89. The van der Waals surface area contributed by atoms with Gasteiger partial charge in [-0.15, -0.1) is 0 Å². The molecule has 2 nitrogen and oxygen atoms in total. The minimum absolute atomic E-state index is 0.266. The zero-order chi connectivity index (χ0) is 13.0. The summed E-state index contributed by atoms with van der Waals surface area (Å²) in [4.78, 5) is 11.9. The molecule has 1 fully saturated rings. The van der Waals surface area contributed by atoms with E-state index in [1.165, 1.54) is 18.4 Å². The van der Waals surface area contributed by atoms with Gasteiger partial charge in [-0.1, -0.05) is 38.1 Å². The number of carbonyl (C=O) groups excluding carboxylic acids is 1. The molecule has 1 aromatic carbocycles. The molecule has 0 spiro atoms. The first-order chi connectivity index (χ1) is 8.66. The van der Waals surface area contributed by atoms with Crippen molar-refractivity contribution >= 4 is 5.78 Å². The van der Waals surface area contributed by atoms with E-state index in [1.54, 1.807) is 0 Å². The van der Waals surface area contributed by atoms with Crippen molar-refractivity contribution in [1.29, 1.82) is 0 Å². The van der Waals surface area contributed by atoms with E-state index in [2.05, 4.69) is 31.3 Å². The average molecular weight is 245 g/mol. The quantitative estimate of drug-likeness (QED) is 0.824. The maximum Gasteiger partial charge on any atom is 0.163 e. The number of benzene rings is 1. The van der Waals surface area contributed by atoms with Crippen molar-refractivity contribution in [2.24, 2.45) is 5.92 Å². The number of Topliss-reactive ketones (excluding diaryl/α,β-unsaturated/α-hetero) is 1. The monoisotopic (exact) mass is 245 g/mol. The molecular formula is C16H23NO. The summed E-state index contributed by atoms with van der Waals surface area (Å²) in [7, 11) is 0. The predicted molar refractivity (Wildman–Crippen MR) is 75.1 cm³/mol. The second-order valence-corrected chi connectivity index (χ2v) is 5.67. The fourth-order valence-electron chi connectivity index (χ4n) is 2.59. The third-order valence-electron chi connectivity index (χ3n) is 3.64. The molecule has 0 aromatic heterocycles. The lowest BCUT2D eigenvalue weighted by Crippen LogP contribution is -2.26. The van der Waals surface area contributed by atoms with Crippen LogP contribution >= 0.6 is 0 Å². The summed E-state index contributed by atoms with van der Waals surface area (Å²) < 4.78 is 0. The molecule has 1 heterocycles. The van der Waals surface area contributed by atoms with Gasteiger partial charge in [0.2, 0.25) is 0 Å². The van der Waals surface area contributed by atoms with Gasteiger partial charge in [0.05, 0.1) is 0 Å². The lowest BCUT2D eigenvalue weighted by Gasteiger charge is -2.23. The molecule has 0 unspecified atom stereocenters. The Morgan fingerprint density at radius 3 is 2.39 bits per heavy atom. The molecule has 0 saturated carbocycles. The molecule has 0 radical (unpaired) electrons. The minimum atomic E-state index is 0.266. The van der Waals surface area contributed by atoms with Gasteiger partial charge in [-0.2, -0.15) is 0 Å². The van der Waals surface area contributed by atoms with Crippen LogP contribution in [-0.4, -0.2) is 18.9 Å². The van der Waals surface area contributed by atoms with Crippen molar-refractivity contribution < 1.29 is 4.79 Å². The zero-order valence-corrected chi connectivity index (χ0v) is 11.4. The van der Waals surface area contributed by atoms with E-state index in [9.17, 15) is 4.79 Å². The number of piperidine rings is 1. The highest BCUT2D eigenvalue weighted by Crippen LogP contribution is 2.25. The highest BCUT2D eigenvalue weighted by atomic mass is 16.1. The summed E-state index contributed by atoms with van der Waals surface area (Å²) in [5, 5.41) is 3.38. The normalized spacial score (nSPS) is 17.1. The first kappa shape index (κ1) is 13.3. The van der Waals surface area contributed by atoms with Crippen LogP contribution in [0.2, 0.25) is 0 Å². The zero-order valence-electron chi connectivity index (χ0n) is 11.4. The predicted octanol–water partition coefficient (Wildman–Crippen LogP) is 3.38. The highest BCUT2D eigenvalue weighted by Gasteiger charge is 2.15. The Hall–Kier alpha value is -1.15. The largest absolute Gasteiger partial charge is 0.317 e. The van der Waals surface area contributed by atoms with E-state index in [0.29, 0.717) is 18.3 Å². The molecule has 0 aliphatic carbocycles. The maximum absolute atomic E-state index is 11.9. The van der Waals surface area contributed by atoms with Gasteiger partial charge in [-0.05, 0) is 43.3 Å². The van der Waals surface area contributed by atoms with Crippen molar-refractivity contribution in [3.05, 3.63) is 35.4 Å². The molecule has 0 amide bonds. The van der Waals surface area contributed by atoms with Gasteiger partial charge in [0, 0.05) is 12.0 Å². The molecule has 0 atom stereocenters. The van der Waals surface area contributed by atoms with Gasteiger partial charge < -0.3 is 5.32 Å². The summed E-state index contributed by atoms with van der Waals surface area (Å²) in [6, 6.07) is 8.29. The SMILES string of the molecule is CC(C)CC(=O)c1ccc(C2CCNCC2)cc1. The highest BCUT2D eigenvalue weighted by molar-refractivity contribution is 5.96. The van der Waals surface area contributed by atoms with Crippen molar-refractivity contribution in [1.82, 2.24) is 5.32 Å². The Bertz CT molecular complexity index is 388. The van der Waals surface area contributed by atoms with Gasteiger partial charge in [0.1, 0.15) is 0 Å². The number of rotatable bonds is 4. The summed E-state index contributed by atoms with van der Waals surface area (Å²) in [5.41, 5.74) is 2.25. The van der Waals surface area contributed by atoms with Crippen molar-refractivity contribution in [2.45, 2.75) is 39.0 Å². The molecule has 1 N–H and O–H groups in total. The van der Waals surface area contributed by atoms with Crippen LogP contribution in [0.4, 0.5) is 0 Å². The van der Waals surface area contributed by atoms with Gasteiger partial charge in [-0.25, -0.2) is 0 Å². The van der Waals surface area contributed by atoms with Crippen molar-refractivity contribution in [2.75, 3.05) is 13.1 Å². The van der Waals surface area contributed by atoms with Crippen LogP contribution in [0.15, 0.2) is 24.3 Å². The van der Waals surface area contributed by atoms with Crippen LogP contribution in [0, 0.1) is 5.92 Å². The van der Waals surface area contributed by atoms with Crippen molar-refractivity contribution in [3.63, 3.8) is 0 Å². The van der Waals surface area contributed by atoms with Crippen LogP contribution in [0.3, 0.4) is 0 Å².